The number of rotatable bonds is 1. The van der Waals surface area contributed by atoms with Crippen LogP contribution in [0.3, 0.4) is 0 Å². The molecule has 2 rings (SSSR count). The van der Waals surface area contributed by atoms with E-state index in [-0.39, 0.29) is 0 Å². The Balaban J connectivity index is 1.94. The Bertz CT molecular complexity index is 112. The van der Waals surface area contributed by atoms with Gasteiger partial charge in [-0.25, -0.2) is 0 Å². The van der Waals surface area contributed by atoms with E-state index in [1.807, 2.05) is 0 Å². The number of likely N-dealkylation sites (tertiary alicyclic amines) is 1. The van der Waals surface area contributed by atoms with E-state index in [0.717, 1.165) is 12.0 Å². The van der Waals surface area contributed by atoms with Gasteiger partial charge in [0.2, 0.25) is 0 Å². The van der Waals surface area contributed by atoms with E-state index >= 15 is 0 Å². The van der Waals surface area contributed by atoms with Crippen molar-refractivity contribution in [3.8, 4) is 0 Å². The van der Waals surface area contributed by atoms with E-state index in [1.54, 1.807) is 0 Å². The fourth-order valence-electron chi connectivity index (χ4n) is 2.20. The average molecular weight is 140 g/mol. The number of hydrogen-bond donors (Lipinski definition) is 1. The molecule has 2 heteroatoms. The molecular weight excluding hydrogens is 124 g/mol. The van der Waals surface area contributed by atoms with Crippen molar-refractivity contribution in [2.45, 2.75) is 19.4 Å². The fraction of sp³-hybridized carbons (Fsp3) is 1.00. The molecule has 2 heterocycles. The Morgan fingerprint density at radius 2 is 2.40 bits per heavy atom. The molecule has 2 aliphatic rings. The number of fused-ring (bicyclic) bond motifs is 1. The third-order valence-corrected chi connectivity index (χ3v) is 2.89. The quantitative estimate of drug-likeness (QED) is 0.563. The van der Waals surface area contributed by atoms with Crippen LogP contribution in [0.5, 0.6) is 0 Å². The van der Waals surface area contributed by atoms with E-state index in [2.05, 4.69) is 17.1 Å². The molecule has 2 nitrogen and oxygen atoms in total. The highest BCUT2D eigenvalue weighted by molar-refractivity contribution is 4.93. The molecule has 0 bridgehead atoms. The molecule has 0 saturated carbocycles. The zero-order chi connectivity index (χ0) is 6.97. The minimum atomic E-state index is 0.833. The summed E-state index contributed by atoms with van der Waals surface area (Å²) in [6, 6.07) is 0.833. The number of hydrogen-bond acceptors (Lipinski definition) is 2. The van der Waals surface area contributed by atoms with Crippen molar-refractivity contribution >= 4 is 0 Å². The normalized spacial score (nSPS) is 40.5. The molecule has 0 aromatic rings. The van der Waals surface area contributed by atoms with Crippen LogP contribution in [0.2, 0.25) is 0 Å². The standard InChI is InChI=1S/C8H16N2/c1-2-10-5-7-3-4-9-8(7)6-10/h7-9H,2-6H2,1H3/t7-,8+/m0/s1. The average Bonchev–Trinajstić information content (AvgIpc) is 2.42. The molecule has 1 N–H and O–H groups in total. The summed E-state index contributed by atoms with van der Waals surface area (Å²) in [6.07, 6.45) is 1.40. The zero-order valence-electron chi connectivity index (χ0n) is 6.64. The Labute approximate surface area is 62.6 Å². The highest BCUT2D eigenvalue weighted by Gasteiger charge is 2.34. The lowest BCUT2D eigenvalue weighted by Gasteiger charge is -2.12. The topological polar surface area (TPSA) is 15.3 Å². The predicted octanol–water partition coefficient (Wildman–Crippen LogP) is 0.300. The molecule has 2 aliphatic heterocycles. The summed E-state index contributed by atoms with van der Waals surface area (Å²) in [5, 5.41) is 3.54. The van der Waals surface area contributed by atoms with Crippen LogP contribution in [0.25, 0.3) is 0 Å². The van der Waals surface area contributed by atoms with Crippen molar-refractivity contribution < 1.29 is 0 Å². The van der Waals surface area contributed by atoms with Crippen LogP contribution in [-0.4, -0.2) is 37.1 Å². The van der Waals surface area contributed by atoms with Crippen LogP contribution < -0.4 is 5.32 Å². The van der Waals surface area contributed by atoms with E-state index in [1.165, 1.54) is 32.6 Å². The van der Waals surface area contributed by atoms with Crippen molar-refractivity contribution in [3.63, 3.8) is 0 Å². The highest BCUT2D eigenvalue weighted by Crippen LogP contribution is 2.23. The van der Waals surface area contributed by atoms with Gasteiger partial charge in [-0.3, -0.25) is 0 Å². The molecule has 2 atom stereocenters. The molecule has 0 aromatic heterocycles. The van der Waals surface area contributed by atoms with Gasteiger partial charge in [-0.15, -0.1) is 0 Å². The molecule has 0 aromatic carbocycles. The van der Waals surface area contributed by atoms with Crippen LogP contribution in [0.4, 0.5) is 0 Å². The van der Waals surface area contributed by atoms with Gasteiger partial charge < -0.3 is 10.2 Å². The number of nitrogens with one attached hydrogen (secondary N) is 1. The minimum absolute atomic E-state index is 0.833. The van der Waals surface area contributed by atoms with Gasteiger partial charge in [0, 0.05) is 19.1 Å². The first-order valence-electron chi connectivity index (χ1n) is 4.36. The van der Waals surface area contributed by atoms with Gasteiger partial charge in [-0.2, -0.15) is 0 Å². The smallest absolute Gasteiger partial charge is 0.0235 e. The predicted molar refractivity (Wildman–Crippen MR) is 42.0 cm³/mol. The first kappa shape index (κ1) is 6.62. The molecule has 0 unspecified atom stereocenters. The molecule has 10 heavy (non-hydrogen) atoms. The van der Waals surface area contributed by atoms with Gasteiger partial charge in [-0.05, 0) is 25.4 Å². The van der Waals surface area contributed by atoms with Crippen molar-refractivity contribution in [1.29, 1.82) is 0 Å². The minimum Gasteiger partial charge on any atom is -0.312 e. The third-order valence-electron chi connectivity index (χ3n) is 2.89. The van der Waals surface area contributed by atoms with Crippen molar-refractivity contribution in [1.82, 2.24) is 10.2 Å². The molecule has 0 amide bonds. The van der Waals surface area contributed by atoms with Crippen molar-refractivity contribution in [2.75, 3.05) is 26.2 Å². The molecule has 2 saturated heterocycles. The third kappa shape index (κ3) is 0.956. The van der Waals surface area contributed by atoms with Crippen LogP contribution in [0.1, 0.15) is 13.3 Å². The Morgan fingerprint density at radius 3 is 3.10 bits per heavy atom. The Kier molecular flexibility index (Phi) is 1.66. The summed E-state index contributed by atoms with van der Waals surface area (Å²) >= 11 is 0. The van der Waals surface area contributed by atoms with E-state index < -0.39 is 0 Å². The SMILES string of the molecule is CCN1C[C@@H]2CCN[C@@H]2C1. The second-order valence-corrected chi connectivity index (χ2v) is 3.46. The summed E-state index contributed by atoms with van der Waals surface area (Å²) in [7, 11) is 0. The first-order chi connectivity index (χ1) is 4.90. The molecular formula is C8H16N2. The summed E-state index contributed by atoms with van der Waals surface area (Å²) in [5.74, 6) is 0.972. The van der Waals surface area contributed by atoms with Gasteiger partial charge in [0.05, 0.1) is 0 Å². The van der Waals surface area contributed by atoms with Gasteiger partial charge >= 0.3 is 0 Å². The molecule has 2 fully saturated rings. The van der Waals surface area contributed by atoms with Crippen molar-refractivity contribution in [2.24, 2.45) is 5.92 Å². The van der Waals surface area contributed by atoms with Crippen LogP contribution >= 0.6 is 0 Å². The van der Waals surface area contributed by atoms with E-state index in [0.29, 0.717) is 0 Å². The molecule has 0 spiro atoms. The largest absolute Gasteiger partial charge is 0.312 e. The fourth-order valence-corrected chi connectivity index (χ4v) is 2.20. The number of likely N-dealkylation sites (N-methyl/N-ethyl adjacent to an activating group) is 1. The molecule has 0 aliphatic carbocycles. The second-order valence-electron chi connectivity index (χ2n) is 3.46. The molecule has 0 radical (unpaired) electrons. The summed E-state index contributed by atoms with van der Waals surface area (Å²) < 4.78 is 0. The lowest BCUT2D eigenvalue weighted by Crippen LogP contribution is -2.29. The van der Waals surface area contributed by atoms with Crippen LogP contribution in [-0.2, 0) is 0 Å². The zero-order valence-corrected chi connectivity index (χ0v) is 6.64. The monoisotopic (exact) mass is 140 g/mol. The maximum Gasteiger partial charge on any atom is 0.0235 e. The first-order valence-corrected chi connectivity index (χ1v) is 4.36. The Morgan fingerprint density at radius 1 is 1.50 bits per heavy atom. The van der Waals surface area contributed by atoms with Gasteiger partial charge in [0.1, 0.15) is 0 Å². The van der Waals surface area contributed by atoms with Gasteiger partial charge in [0.25, 0.3) is 0 Å². The Hall–Kier alpha value is -0.0800. The second kappa shape index (κ2) is 2.51. The van der Waals surface area contributed by atoms with Crippen LogP contribution in [0.15, 0.2) is 0 Å². The van der Waals surface area contributed by atoms with E-state index in [4.69, 9.17) is 0 Å². The lowest BCUT2D eigenvalue weighted by atomic mass is 10.1. The van der Waals surface area contributed by atoms with Crippen LogP contribution in [0, 0.1) is 5.92 Å². The number of nitrogens with zero attached hydrogens (tertiary/aromatic N) is 1. The lowest BCUT2D eigenvalue weighted by molar-refractivity contribution is 0.331. The summed E-state index contributed by atoms with van der Waals surface area (Å²) in [4.78, 5) is 2.54. The highest BCUT2D eigenvalue weighted by atomic mass is 15.2. The van der Waals surface area contributed by atoms with E-state index in [9.17, 15) is 0 Å². The maximum absolute atomic E-state index is 3.54. The maximum atomic E-state index is 3.54. The van der Waals surface area contributed by atoms with Crippen molar-refractivity contribution in [3.05, 3.63) is 0 Å². The summed E-state index contributed by atoms with van der Waals surface area (Å²) in [5.41, 5.74) is 0. The molecule has 58 valence electrons. The van der Waals surface area contributed by atoms with Gasteiger partial charge in [-0.1, -0.05) is 6.92 Å². The summed E-state index contributed by atoms with van der Waals surface area (Å²) in [6.45, 7) is 7.37. The van der Waals surface area contributed by atoms with Gasteiger partial charge in [0.15, 0.2) is 0 Å².